The van der Waals surface area contributed by atoms with Crippen LogP contribution in [0, 0.1) is 6.92 Å². The second kappa shape index (κ2) is 8.10. The van der Waals surface area contributed by atoms with Crippen LogP contribution in [0.5, 0.6) is 0 Å². The second-order valence-electron chi connectivity index (χ2n) is 6.29. The number of aryl methyl sites for hydroxylation is 3. The molecule has 0 saturated heterocycles. The first-order valence-corrected chi connectivity index (χ1v) is 9.71. The van der Waals surface area contributed by atoms with Gasteiger partial charge >= 0.3 is 0 Å². The lowest BCUT2D eigenvalue weighted by atomic mass is 10.1. The first-order chi connectivity index (χ1) is 13.7. The van der Waals surface area contributed by atoms with Gasteiger partial charge in [-0.3, -0.25) is 10.1 Å². The maximum atomic E-state index is 12.8. The minimum atomic E-state index is -0.364. The van der Waals surface area contributed by atoms with Crippen molar-refractivity contribution in [1.29, 1.82) is 0 Å². The molecule has 0 fully saturated rings. The number of rotatable bonds is 6. The molecule has 8 heteroatoms. The molecule has 28 heavy (non-hydrogen) atoms. The molecular formula is C20H18N6OS. The number of carbonyl (C=O) groups excluding carboxylic acids is 1. The second-order valence-corrected chi connectivity index (χ2v) is 7.12. The molecule has 0 bridgehead atoms. The van der Waals surface area contributed by atoms with Gasteiger partial charge < -0.3 is 0 Å². The van der Waals surface area contributed by atoms with E-state index in [2.05, 4.69) is 37.7 Å². The molecule has 0 atom stereocenters. The summed E-state index contributed by atoms with van der Waals surface area (Å²) in [5.41, 5.74) is 4.64. The highest BCUT2D eigenvalue weighted by molar-refractivity contribution is 7.13. The Hall–Kier alpha value is -3.39. The van der Waals surface area contributed by atoms with Gasteiger partial charge in [0.25, 0.3) is 5.91 Å². The van der Waals surface area contributed by atoms with Crippen molar-refractivity contribution in [2.45, 2.75) is 19.8 Å². The Morgan fingerprint density at radius 1 is 1.11 bits per heavy atom. The fraction of sp³-hybridized carbons (Fsp3) is 0.150. The van der Waals surface area contributed by atoms with Crippen molar-refractivity contribution >= 4 is 22.4 Å². The molecule has 0 aliphatic heterocycles. The Kier molecular flexibility index (Phi) is 5.20. The van der Waals surface area contributed by atoms with E-state index in [0.717, 1.165) is 17.7 Å². The van der Waals surface area contributed by atoms with Crippen molar-refractivity contribution in [3.8, 4) is 5.69 Å². The van der Waals surface area contributed by atoms with Gasteiger partial charge in [0.2, 0.25) is 11.0 Å². The zero-order chi connectivity index (χ0) is 19.3. The number of anilines is 1. The van der Waals surface area contributed by atoms with E-state index >= 15 is 0 Å². The first kappa shape index (κ1) is 18.0. The predicted octanol–water partition coefficient (Wildman–Crippen LogP) is 3.46. The molecule has 1 N–H and O–H groups in total. The van der Waals surface area contributed by atoms with E-state index < -0.39 is 0 Å². The third-order valence-corrected chi connectivity index (χ3v) is 4.77. The van der Waals surface area contributed by atoms with Gasteiger partial charge in [-0.2, -0.15) is 5.10 Å². The topological polar surface area (TPSA) is 85.6 Å². The molecule has 0 spiro atoms. The molecule has 0 radical (unpaired) electrons. The highest BCUT2D eigenvalue weighted by Gasteiger charge is 2.20. The molecule has 4 rings (SSSR count). The van der Waals surface area contributed by atoms with Crippen LogP contribution in [0.3, 0.4) is 0 Å². The van der Waals surface area contributed by atoms with E-state index in [1.165, 1.54) is 16.9 Å². The summed E-state index contributed by atoms with van der Waals surface area (Å²) in [6.07, 6.45) is 1.44. The lowest BCUT2D eigenvalue weighted by Gasteiger charge is -2.06. The van der Waals surface area contributed by atoms with Crippen molar-refractivity contribution in [3.63, 3.8) is 0 Å². The molecule has 140 valence electrons. The van der Waals surface area contributed by atoms with Crippen LogP contribution in [0.4, 0.5) is 5.13 Å². The minimum Gasteiger partial charge on any atom is -0.294 e. The highest BCUT2D eigenvalue weighted by Crippen LogP contribution is 2.16. The molecule has 4 aromatic rings. The van der Waals surface area contributed by atoms with Crippen molar-refractivity contribution in [2.75, 3.05) is 5.32 Å². The van der Waals surface area contributed by atoms with Crippen molar-refractivity contribution in [3.05, 3.63) is 82.9 Å². The Balaban J connectivity index is 1.64. The molecule has 0 saturated carbocycles. The molecule has 0 unspecified atom stereocenters. The summed E-state index contributed by atoms with van der Waals surface area (Å²) in [5, 5.41) is 15.4. The molecule has 2 aromatic heterocycles. The van der Waals surface area contributed by atoms with Gasteiger partial charge in [-0.15, -0.1) is 10.2 Å². The monoisotopic (exact) mass is 390 g/mol. The van der Waals surface area contributed by atoms with E-state index in [4.69, 9.17) is 0 Å². The fourth-order valence-electron chi connectivity index (χ4n) is 2.83. The van der Waals surface area contributed by atoms with Crippen molar-refractivity contribution in [1.82, 2.24) is 25.0 Å². The van der Waals surface area contributed by atoms with Gasteiger partial charge in [0.15, 0.2) is 5.82 Å². The number of aromatic nitrogens is 5. The van der Waals surface area contributed by atoms with Gasteiger partial charge in [-0.25, -0.2) is 9.67 Å². The lowest BCUT2D eigenvalue weighted by molar-refractivity contribution is 0.101. The van der Waals surface area contributed by atoms with Gasteiger partial charge in [0.05, 0.1) is 5.69 Å². The third kappa shape index (κ3) is 4.12. The Morgan fingerprint density at radius 3 is 2.71 bits per heavy atom. The SMILES string of the molecule is Cc1cccc(-n2nc(CCc3ccccc3)nc2C(=O)Nc2nncs2)c1. The maximum Gasteiger partial charge on any atom is 0.295 e. The van der Waals surface area contributed by atoms with Gasteiger partial charge in [0.1, 0.15) is 5.51 Å². The van der Waals surface area contributed by atoms with Crippen LogP contribution in [0.25, 0.3) is 5.69 Å². The molecular weight excluding hydrogens is 372 g/mol. The minimum absolute atomic E-state index is 0.226. The number of benzene rings is 2. The molecule has 2 heterocycles. The van der Waals surface area contributed by atoms with Crippen LogP contribution >= 0.6 is 11.3 Å². The first-order valence-electron chi connectivity index (χ1n) is 8.83. The molecule has 1 amide bonds. The molecule has 7 nitrogen and oxygen atoms in total. The van der Waals surface area contributed by atoms with E-state index in [9.17, 15) is 4.79 Å². The van der Waals surface area contributed by atoms with Crippen molar-refractivity contribution in [2.24, 2.45) is 0 Å². The van der Waals surface area contributed by atoms with Crippen LogP contribution in [0.1, 0.15) is 27.6 Å². The number of nitrogens with one attached hydrogen (secondary N) is 1. The summed E-state index contributed by atoms with van der Waals surface area (Å²) in [7, 11) is 0. The van der Waals surface area contributed by atoms with Gasteiger partial charge in [0, 0.05) is 6.42 Å². The summed E-state index contributed by atoms with van der Waals surface area (Å²) in [4.78, 5) is 17.3. The number of nitrogens with zero attached hydrogens (tertiary/aromatic N) is 5. The predicted molar refractivity (Wildman–Crippen MR) is 108 cm³/mol. The largest absolute Gasteiger partial charge is 0.295 e. The Labute approximate surface area is 166 Å². The summed E-state index contributed by atoms with van der Waals surface area (Å²) in [6.45, 7) is 2.00. The number of amides is 1. The Morgan fingerprint density at radius 2 is 1.96 bits per heavy atom. The molecule has 0 aliphatic rings. The summed E-state index contributed by atoms with van der Waals surface area (Å²) in [5.74, 6) is 0.480. The van der Waals surface area contributed by atoms with Crippen LogP contribution in [0.2, 0.25) is 0 Å². The number of carbonyl (C=O) groups is 1. The van der Waals surface area contributed by atoms with Crippen LogP contribution in [-0.4, -0.2) is 30.9 Å². The average Bonchev–Trinajstić information content (AvgIpc) is 3.37. The zero-order valence-electron chi connectivity index (χ0n) is 15.2. The van der Waals surface area contributed by atoms with Gasteiger partial charge in [-0.05, 0) is 36.6 Å². The quantitative estimate of drug-likeness (QED) is 0.545. The molecule has 2 aromatic carbocycles. The van der Waals surface area contributed by atoms with Crippen molar-refractivity contribution < 1.29 is 4.79 Å². The maximum absolute atomic E-state index is 12.8. The van der Waals surface area contributed by atoms with E-state index in [0.29, 0.717) is 17.4 Å². The fourth-order valence-corrected chi connectivity index (χ4v) is 3.27. The third-order valence-electron chi connectivity index (χ3n) is 4.16. The summed E-state index contributed by atoms with van der Waals surface area (Å²) >= 11 is 1.25. The van der Waals surface area contributed by atoms with Gasteiger partial charge in [-0.1, -0.05) is 53.8 Å². The van der Waals surface area contributed by atoms with Crippen LogP contribution in [0.15, 0.2) is 60.1 Å². The lowest BCUT2D eigenvalue weighted by Crippen LogP contribution is -2.18. The van der Waals surface area contributed by atoms with E-state index in [-0.39, 0.29) is 11.7 Å². The van der Waals surface area contributed by atoms with E-state index in [1.807, 2.05) is 49.4 Å². The zero-order valence-corrected chi connectivity index (χ0v) is 16.1. The highest BCUT2D eigenvalue weighted by atomic mass is 32.1. The number of hydrogen-bond donors (Lipinski definition) is 1. The summed E-state index contributed by atoms with van der Waals surface area (Å²) in [6, 6.07) is 18.0. The van der Waals surface area contributed by atoms with Crippen LogP contribution < -0.4 is 5.32 Å². The van der Waals surface area contributed by atoms with Crippen LogP contribution in [-0.2, 0) is 12.8 Å². The summed E-state index contributed by atoms with van der Waals surface area (Å²) < 4.78 is 1.59. The van der Waals surface area contributed by atoms with E-state index in [1.54, 1.807) is 10.2 Å². The smallest absolute Gasteiger partial charge is 0.294 e. The normalized spacial score (nSPS) is 10.8. The average molecular weight is 390 g/mol. The molecule has 0 aliphatic carbocycles. The standard InChI is InChI=1S/C20H18N6OS/c1-14-6-5-9-16(12-14)26-18(19(27)23-20-24-21-13-28-20)22-17(25-26)11-10-15-7-3-2-4-8-15/h2-9,12-13H,10-11H2,1H3,(H,23,24,27). The number of hydrogen-bond acceptors (Lipinski definition) is 6. The Bertz CT molecular complexity index is 1080.